The zero-order valence-electron chi connectivity index (χ0n) is 63.7. The summed E-state index contributed by atoms with van der Waals surface area (Å²) >= 11 is 18.8. The number of hydrogen-bond acceptors (Lipinski definition) is 26. The van der Waals surface area contributed by atoms with Gasteiger partial charge in [0.15, 0.2) is 6.29 Å². The van der Waals surface area contributed by atoms with E-state index < -0.39 is 59.1 Å². The van der Waals surface area contributed by atoms with Gasteiger partial charge in [0.1, 0.15) is 5.75 Å². The molecule has 0 aliphatic rings. The third-order valence-electron chi connectivity index (χ3n) is 8.62. The van der Waals surface area contributed by atoms with Crippen LogP contribution in [0.5, 0.6) is 29.3 Å². The fourth-order valence-electron chi connectivity index (χ4n) is 4.79. The number of rotatable bonds is 11. The van der Waals surface area contributed by atoms with Crippen LogP contribution in [0.25, 0.3) is 0 Å². The molecule has 32 nitrogen and oxygen atoms in total. The SMILES string of the molecule is C.C.CO.CO.COC(=O)c1cc(=O)[nH]cc1Br.COC(=O)c1cc(OC)ncc1Br.COc1cc(C(=O)O)c(Br)cn1.COc1cc(C=O)c(Br)cn1.COc1ccc(Br)cn1.O=C(O)c1cc(=O)[nH]cc1Br.O=S(=O)(O)O.OB(O)c1ccc(OC(F)(F)F)cc1.OO.[CH2-]C.[CH2-]C.[CH2-]C.[CH2-]C.[CH2-]C.[CH2-]C.[CH2-]C.[V].[V].[V].[V].[V].[V].[V]. The number of nitrogens with one attached hydrogen (secondary N) is 2. The number of H-pyrrole nitrogens is 2. The first kappa shape index (κ1) is 164. The molecule has 6 heterocycles. The van der Waals surface area contributed by atoms with Crippen LogP contribution >= 0.6 is 95.6 Å². The van der Waals surface area contributed by atoms with E-state index in [0.29, 0.717) is 51.1 Å². The van der Waals surface area contributed by atoms with Crippen LogP contribution in [-0.2, 0) is 150 Å². The van der Waals surface area contributed by atoms with Crippen molar-refractivity contribution in [3.63, 3.8) is 0 Å². The van der Waals surface area contributed by atoms with Crippen LogP contribution in [0, 0.1) is 48.5 Å². The minimum Gasteiger partial charge on any atom is -0.481 e. The molecule has 0 aliphatic heterocycles. The molecule has 7 radical (unpaired) electrons. The Hall–Kier alpha value is -3.27. The number of carboxylic acids is 2. The number of aromatic amines is 2. The molecule has 661 valence electrons. The van der Waals surface area contributed by atoms with Gasteiger partial charge in [-0.25, -0.2) is 39.1 Å². The number of methoxy groups -OCH3 is 6. The molecule has 0 bridgehead atoms. The second-order valence-electron chi connectivity index (χ2n) is 14.4. The van der Waals surface area contributed by atoms with Crippen molar-refractivity contribution >= 4 is 149 Å². The van der Waals surface area contributed by atoms with Crippen LogP contribution < -0.4 is 40.3 Å². The van der Waals surface area contributed by atoms with Crippen LogP contribution in [-0.4, -0.2) is 189 Å². The van der Waals surface area contributed by atoms with Gasteiger partial charge in [-0.05, 0) is 119 Å². The Kier molecular flexibility index (Phi) is 155. The van der Waals surface area contributed by atoms with Crippen LogP contribution in [0.15, 0.2) is 140 Å². The van der Waals surface area contributed by atoms with Gasteiger partial charge in [-0.3, -0.25) is 34.0 Å². The van der Waals surface area contributed by atoms with E-state index in [1.165, 1.54) is 84.7 Å². The van der Waals surface area contributed by atoms with Gasteiger partial charge in [0.25, 0.3) is 0 Å². The zero-order valence-corrected chi connectivity index (χ0v) is 83.8. The molecule has 50 heteroatoms. The fourth-order valence-corrected chi connectivity index (χ4v) is 6.89. The van der Waals surface area contributed by atoms with Crippen molar-refractivity contribution in [1.82, 2.24) is 29.9 Å². The Morgan fingerprint density at radius 1 is 0.466 bits per heavy atom. The van der Waals surface area contributed by atoms with Crippen LogP contribution in [0.1, 0.15) is 115 Å². The number of alkyl halides is 3. The summed E-state index contributed by atoms with van der Waals surface area (Å²) in [4.78, 5) is 95.1. The Morgan fingerprint density at radius 2 is 0.741 bits per heavy atom. The number of carbonyl (C=O) groups excluding carboxylic acids is 3. The standard InChI is InChI=1S/C8H8BrNO3.C7H6BF3O3.2C7H6BrNO3.C7H6BrNO2.C6H4BrNO3.C6H6BrNO.7C2H5.2CH4O.2CH4.H2O4S.H2O2.7V/c1-12-7-3-5(8(11)13-2)6(9)4-10-7;9-7(10,11)14-6-3-1-5(2-4-6)8(12)13;1-12-6-2-4(7(10)11)5(8)3-9-6;1-12-7(11)4-2-6(10)9-3-5(4)8;1-11-7-2-5(4-10)6(8)3-9-7;7-4-2-8-5(9)1-3(4)6(10)11;1-9-6-3-2-5(7)4-8-6;9*1-2;;;1-5(2,3)4;1-2;;;;;;;/h3-4H,1-2H3;1-4,12-13H;2-3H,1H3,(H,10,11);2-3H,1H3,(H,9,10);2-4H,1H3;1-2H,(H,8,9)(H,10,11);2-4H,1H3;7*1H2,2H3;2*2H,1H3;2*1H4;(H2,1,2,3,4);1-2H;;;;;;;/q;;;;;;;7*-1;;;;;;;;;;;;;. The maximum absolute atomic E-state index is 11.7. The van der Waals surface area contributed by atoms with E-state index in [1.54, 1.807) is 73.9 Å². The van der Waals surface area contributed by atoms with Crippen molar-refractivity contribution in [2.45, 2.75) is 69.7 Å². The number of ether oxygens (including phenoxy) is 7. The molecule has 0 saturated heterocycles. The topological polar surface area (TPSA) is 504 Å². The monoisotopic (exact) mass is 2320 g/mol. The molecule has 12 N–H and O–H groups in total. The van der Waals surface area contributed by atoms with Gasteiger partial charge in [0.2, 0.25) is 34.6 Å². The van der Waals surface area contributed by atoms with Gasteiger partial charge in [-0.15, -0.1) is 13.2 Å². The number of aliphatic hydroxyl groups excluding tert-OH is 2. The predicted molar refractivity (Wildman–Crippen MR) is 435 cm³/mol. The van der Waals surface area contributed by atoms with E-state index in [1.807, 2.05) is 6.07 Å². The first-order chi connectivity index (χ1) is 50.6. The van der Waals surface area contributed by atoms with Crippen molar-refractivity contribution in [3.05, 3.63) is 228 Å². The summed E-state index contributed by atoms with van der Waals surface area (Å²) in [5, 5.41) is 60.5. The number of aromatic nitrogens is 6. The number of aldehydes is 1. The molecule has 0 saturated carbocycles. The van der Waals surface area contributed by atoms with Crippen molar-refractivity contribution in [2.24, 2.45) is 0 Å². The molecule has 0 aliphatic carbocycles. The molecular formula is C66H97BBr6F3N6O26SV7-7. The van der Waals surface area contributed by atoms with Crippen molar-refractivity contribution in [2.75, 3.05) is 56.9 Å². The average Bonchev–Trinajstić information content (AvgIpc) is 0.861. The maximum atomic E-state index is 11.7. The minimum absolute atomic E-state index is 0. The first-order valence-electron chi connectivity index (χ1n) is 28.1. The third kappa shape index (κ3) is 91.5. The Bertz CT molecular complexity index is 3650. The quantitative estimate of drug-likeness (QED) is 0.0109. The van der Waals surface area contributed by atoms with Gasteiger partial charge in [-0.2, -0.15) is 56.9 Å². The fraction of sp³-hybridized carbons (Fsp3) is 0.273. The van der Waals surface area contributed by atoms with Gasteiger partial charge < -0.3 is 122 Å². The Labute approximate surface area is 812 Å². The number of esters is 2. The molecule has 7 aromatic rings. The van der Waals surface area contributed by atoms with Crippen LogP contribution in [0.4, 0.5) is 13.2 Å². The van der Waals surface area contributed by atoms with Gasteiger partial charge >= 0.3 is 47.8 Å². The van der Waals surface area contributed by atoms with Crippen molar-refractivity contribution in [3.8, 4) is 29.3 Å². The van der Waals surface area contributed by atoms with E-state index in [9.17, 15) is 46.7 Å². The number of pyridine rings is 6. The van der Waals surface area contributed by atoms with Crippen LogP contribution in [0.2, 0.25) is 0 Å². The number of carbonyl (C=O) groups is 5. The summed E-state index contributed by atoms with van der Waals surface area (Å²) in [6.45, 7) is 35.0. The Balaban J connectivity index is -0.0000000486. The zero-order chi connectivity index (χ0) is 86.8. The molecular weight excluding hydrogens is 2230 g/mol. The summed E-state index contributed by atoms with van der Waals surface area (Å²) in [5.74, 6) is -1.75. The summed E-state index contributed by atoms with van der Waals surface area (Å²) in [6.07, 6.45) is 4.81. The molecule has 0 amide bonds. The molecule has 116 heavy (non-hydrogen) atoms. The smallest absolute Gasteiger partial charge is 0.481 e. The number of hydrogen-bond donors (Lipinski definition) is 12. The average molecular weight is 2330 g/mol. The minimum atomic E-state index is -4.74. The van der Waals surface area contributed by atoms with E-state index in [0.717, 1.165) is 55.3 Å². The molecule has 0 unspecified atom stereocenters. The van der Waals surface area contributed by atoms with Crippen molar-refractivity contribution < 1.29 is 259 Å². The normalized spacial score (nSPS) is 7.89. The summed E-state index contributed by atoms with van der Waals surface area (Å²) < 4.78 is 102. The van der Waals surface area contributed by atoms with E-state index in [2.05, 4.69) is 188 Å². The summed E-state index contributed by atoms with van der Waals surface area (Å²) in [7, 11) is 4.23. The third-order valence-corrected chi connectivity index (χ3v) is 12.3. The molecule has 0 fully saturated rings. The summed E-state index contributed by atoms with van der Waals surface area (Å²) in [6, 6.07) is 14.6. The number of aromatic carboxylic acids is 2. The largest absolute Gasteiger partial charge is 0.573 e. The molecule has 0 spiro atoms. The van der Waals surface area contributed by atoms with Gasteiger partial charge in [0.05, 0.1) is 73.9 Å². The molecule has 1 aromatic carbocycles. The van der Waals surface area contributed by atoms with Crippen LogP contribution in [0.3, 0.4) is 0 Å². The maximum Gasteiger partial charge on any atom is 0.573 e. The second-order valence-corrected chi connectivity index (χ2v) is 20.5. The van der Waals surface area contributed by atoms with E-state index in [4.69, 9.17) is 77.5 Å². The molecule has 7 rings (SSSR count). The van der Waals surface area contributed by atoms with Crippen molar-refractivity contribution in [1.29, 1.82) is 0 Å². The predicted octanol–water partition coefficient (Wildman–Crippen LogP) is 14.5. The first-order valence-corrected chi connectivity index (χ1v) is 34.3. The Morgan fingerprint density at radius 3 is 1.02 bits per heavy atom. The number of halogens is 9. The number of benzene rings is 1. The molecule has 0 atom stereocenters. The number of aliphatic hydroxyl groups is 2. The number of nitrogens with zero attached hydrogens (tertiary/aromatic N) is 4. The van der Waals surface area contributed by atoms with E-state index >= 15 is 0 Å². The second kappa shape index (κ2) is 110. The van der Waals surface area contributed by atoms with Gasteiger partial charge in [0, 0.05) is 241 Å². The number of carboxylic acid groups (broad SMARTS) is 2. The van der Waals surface area contributed by atoms with E-state index in [-0.39, 0.29) is 178 Å². The molecule has 6 aromatic heterocycles. The summed E-state index contributed by atoms with van der Waals surface area (Å²) in [5.41, 5.74) is 0.603. The van der Waals surface area contributed by atoms with Gasteiger partial charge in [-0.1, -0.05) is 27.0 Å².